The van der Waals surface area contributed by atoms with Gasteiger partial charge in [-0.2, -0.15) is 5.26 Å². The van der Waals surface area contributed by atoms with Gasteiger partial charge in [-0.15, -0.1) is 10.2 Å². The summed E-state index contributed by atoms with van der Waals surface area (Å²) >= 11 is 1.39. The van der Waals surface area contributed by atoms with Crippen LogP contribution in [-0.2, 0) is 4.79 Å². The predicted octanol–water partition coefficient (Wildman–Crippen LogP) is 4.90. The maximum Gasteiger partial charge on any atom is 0.231 e. The molecule has 1 N–H and O–H groups in total. The molecule has 1 aromatic carbocycles. The third-order valence-electron chi connectivity index (χ3n) is 6.88. The lowest BCUT2D eigenvalue weighted by Gasteiger charge is -2.31. The molecule has 0 saturated heterocycles. The Balaban J connectivity index is 1.56. The standard InChI is InChI=1S/C25H33N5O3S/c1-32-20-12-11-18(15-21(20)33-2)23-28-29-24(30(23)19-9-5-3-6-10-19)34-16-22(31)27-25(17-26)13-7-4-8-14-25/h11-12,15,19H,3-10,13-14,16H2,1-2H3,(H,27,31). The van der Waals surface area contributed by atoms with Crippen molar-refractivity contribution in [2.75, 3.05) is 20.0 Å². The minimum Gasteiger partial charge on any atom is -0.493 e. The van der Waals surface area contributed by atoms with Crippen LogP contribution in [0.25, 0.3) is 11.4 Å². The second-order valence-electron chi connectivity index (χ2n) is 9.13. The van der Waals surface area contributed by atoms with Gasteiger partial charge in [0, 0.05) is 11.6 Å². The quantitative estimate of drug-likeness (QED) is 0.533. The van der Waals surface area contributed by atoms with Gasteiger partial charge in [-0.1, -0.05) is 50.3 Å². The number of hydrogen-bond donors (Lipinski definition) is 1. The number of benzene rings is 1. The molecule has 34 heavy (non-hydrogen) atoms. The molecule has 0 unspecified atom stereocenters. The first kappa shape index (κ1) is 24.4. The first-order valence-electron chi connectivity index (χ1n) is 12.1. The molecular weight excluding hydrogens is 450 g/mol. The molecule has 2 aromatic rings. The number of thioether (sulfide) groups is 1. The van der Waals surface area contributed by atoms with E-state index in [-0.39, 0.29) is 11.7 Å². The van der Waals surface area contributed by atoms with Crippen molar-refractivity contribution in [3.8, 4) is 29.0 Å². The summed E-state index contributed by atoms with van der Waals surface area (Å²) in [7, 11) is 3.24. The molecule has 4 rings (SSSR count). The highest BCUT2D eigenvalue weighted by atomic mass is 32.2. The van der Waals surface area contributed by atoms with E-state index in [0.29, 0.717) is 17.5 Å². The maximum absolute atomic E-state index is 12.8. The summed E-state index contributed by atoms with van der Waals surface area (Å²) in [6.07, 6.45) is 10.2. The number of rotatable bonds is 8. The van der Waals surface area contributed by atoms with Crippen LogP contribution in [0.1, 0.15) is 70.3 Å². The van der Waals surface area contributed by atoms with Gasteiger partial charge in [0.1, 0.15) is 5.54 Å². The minimum absolute atomic E-state index is 0.126. The maximum atomic E-state index is 12.8. The van der Waals surface area contributed by atoms with E-state index in [1.165, 1.54) is 31.0 Å². The van der Waals surface area contributed by atoms with E-state index in [9.17, 15) is 10.1 Å². The van der Waals surface area contributed by atoms with Gasteiger partial charge in [0.2, 0.25) is 5.91 Å². The zero-order valence-corrected chi connectivity index (χ0v) is 20.8. The Labute approximate surface area is 205 Å². The van der Waals surface area contributed by atoms with Crippen molar-refractivity contribution >= 4 is 17.7 Å². The fourth-order valence-electron chi connectivity index (χ4n) is 5.07. The molecule has 2 saturated carbocycles. The number of methoxy groups -OCH3 is 2. The van der Waals surface area contributed by atoms with Crippen molar-refractivity contribution in [3.63, 3.8) is 0 Å². The summed E-state index contributed by atoms with van der Waals surface area (Å²) in [6.45, 7) is 0. The van der Waals surface area contributed by atoms with Crippen LogP contribution in [0.15, 0.2) is 23.4 Å². The van der Waals surface area contributed by atoms with Crippen molar-refractivity contribution < 1.29 is 14.3 Å². The Bertz CT molecular complexity index is 1040. The normalized spacial score (nSPS) is 18.1. The molecule has 0 aliphatic heterocycles. The Morgan fingerprint density at radius 3 is 2.50 bits per heavy atom. The van der Waals surface area contributed by atoms with Gasteiger partial charge in [-0.25, -0.2) is 0 Å². The predicted molar refractivity (Wildman–Crippen MR) is 131 cm³/mol. The zero-order valence-electron chi connectivity index (χ0n) is 20.0. The van der Waals surface area contributed by atoms with Crippen LogP contribution in [0.2, 0.25) is 0 Å². The van der Waals surface area contributed by atoms with Crippen LogP contribution in [0.5, 0.6) is 11.5 Å². The fraction of sp³-hybridized carbons (Fsp3) is 0.600. The first-order chi connectivity index (χ1) is 16.6. The van der Waals surface area contributed by atoms with Crippen LogP contribution in [0, 0.1) is 11.3 Å². The van der Waals surface area contributed by atoms with Crippen molar-refractivity contribution in [1.82, 2.24) is 20.1 Å². The molecular formula is C25H33N5O3S. The van der Waals surface area contributed by atoms with Gasteiger partial charge in [-0.05, 0) is 43.9 Å². The van der Waals surface area contributed by atoms with E-state index in [1.54, 1.807) is 14.2 Å². The molecule has 182 valence electrons. The average molecular weight is 484 g/mol. The SMILES string of the molecule is COc1ccc(-c2nnc(SCC(=O)NC3(C#N)CCCCC3)n2C2CCCCC2)cc1OC. The highest BCUT2D eigenvalue weighted by Crippen LogP contribution is 2.38. The van der Waals surface area contributed by atoms with E-state index in [2.05, 4.69) is 26.2 Å². The monoisotopic (exact) mass is 483 g/mol. The van der Waals surface area contributed by atoms with E-state index in [0.717, 1.165) is 61.5 Å². The number of hydrogen-bond acceptors (Lipinski definition) is 7. The largest absolute Gasteiger partial charge is 0.493 e. The molecule has 1 aromatic heterocycles. The second-order valence-corrected chi connectivity index (χ2v) is 10.1. The number of carbonyl (C=O) groups excluding carboxylic acids is 1. The number of nitrogens with zero attached hydrogens (tertiary/aromatic N) is 4. The summed E-state index contributed by atoms with van der Waals surface area (Å²) < 4.78 is 13.1. The lowest BCUT2D eigenvalue weighted by molar-refractivity contribution is -0.120. The van der Waals surface area contributed by atoms with Crippen LogP contribution < -0.4 is 14.8 Å². The summed E-state index contributed by atoms with van der Waals surface area (Å²) in [6, 6.07) is 8.41. The van der Waals surface area contributed by atoms with Crippen LogP contribution in [0.3, 0.4) is 0 Å². The van der Waals surface area contributed by atoms with Gasteiger partial charge < -0.3 is 14.8 Å². The van der Waals surface area contributed by atoms with Crippen molar-refractivity contribution in [2.45, 2.75) is 80.9 Å². The minimum atomic E-state index is -0.724. The highest BCUT2D eigenvalue weighted by Gasteiger charge is 2.34. The fourth-order valence-corrected chi connectivity index (χ4v) is 5.87. The Morgan fingerprint density at radius 2 is 1.82 bits per heavy atom. The van der Waals surface area contributed by atoms with Gasteiger partial charge in [-0.3, -0.25) is 9.36 Å². The van der Waals surface area contributed by atoms with Gasteiger partial charge in [0.05, 0.1) is 26.0 Å². The van der Waals surface area contributed by atoms with Crippen molar-refractivity contribution in [1.29, 1.82) is 5.26 Å². The average Bonchev–Trinajstić information content (AvgIpc) is 3.32. The van der Waals surface area contributed by atoms with Gasteiger partial charge in [0.15, 0.2) is 22.5 Å². The van der Waals surface area contributed by atoms with Crippen molar-refractivity contribution in [2.24, 2.45) is 0 Å². The summed E-state index contributed by atoms with van der Waals surface area (Å²) in [5.41, 5.74) is 0.176. The molecule has 1 heterocycles. The zero-order chi connectivity index (χ0) is 24.0. The number of carbonyl (C=O) groups is 1. The molecule has 1 amide bonds. The third kappa shape index (κ3) is 5.33. The molecule has 0 bridgehead atoms. The molecule has 9 heteroatoms. The van der Waals surface area contributed by atoms with E-state index >= 15 is 0 Å². The van der Waals surface area contributed by atoms with Crippen LogP contribution in [0.4, 0.5) is 0 Å². The molecule has 2 aliphatic rings. The van der Waals surface area contributed by atoms with Crippen molar-refractivity contribution in [3.05, 3.63) is 18.2 Å². The first-order valence-corrected chi connectivity index (χ1v) is 13.1. The highest BCUT2D eigenvalue weighted by molar-refractivity contribution is 7.99. The topological polar surface area (TPSA) is 102 Å². The van der Waals surface area contributed by atoms with Crippen LogP contribution in [-0.4, -0.2) is 46.2 Å². The molecule has 8 nitrogen and oxygen atoms in total. The van der Waals surface area contributed by atoms with Crippen LogP contribution >= 0.6 is 11.8 Å². The summed E-state index contributed by atoms with van der Waals surface area (Å²) in [5.74, 6) is 2.16. The van der Waals surface area contributed by atoms with Gasteiger partial charge >= 0.3 is 0 Å². The number of ether oxygens (including phenoxy) is 2. The second kappa shape index (κ2) is 11.1. The number of nitriles is 1. The molecule has 0 radical (unpaired) electrons. The lowest BCUT2D eigenvalue weighted by atomic mass is 9.83. The Morgan fingerprint density at radius 1 is 1.12 bits per heavy atom. The van der Waals surface area contributed by atoms with E-state index in [1.807, 2.05) is 18.2 Å². The van der Waals surface area contributed by atoms with E-state index in [4.69, 9.17) is 9.47 Å². The van der Waals surface area contributed by atoms with Gasteiger partial charge in [0.25, 0.3) is 0 Å². The summed E-state index contributed by atoms with van der Waals surface area (Å²) in [4.78, 5) is 12.8. The third-order valence-corrected chi connectivity index (χ3v) is 7.82. The smallest absolute Gasteiger partial charge is 0.231 e. The Hall–Kier alpha value is -2.73. The lowest BCUT2D eigenvalue weighted by Crippen LogP contribution is -2.49. The number of amides is 1. The summed E-state index contributed by atoms with van der Waals surface area (Å²) in [5, 5.41) is 22.4. The number of nitrogens with one attached hydrogen (secondary N) is 1. The molecule has 2 aliphatic carbocycles. The number of aromatic nitrogens is 3. The Kier molecular flexibility index (Phi) is 7.99. The molecule has 0 spiro atoms. The van der Waals surface area contributed by atoms with E-state index < -0.39 is 5.54 Å². The molecule has 2 fully saturated rings. The molecule has 0 atom stereocenters.